The van der Waals surface area contributed by atoms with Crippen LogP contribution in [0.3, 0.4) is 0 Å². The molecule has 1 fully saturated rings. The number of amides is 1. The number of aromatic amines is 1. The molecule has 4 heterocycles. The second-order valence-corrected chi connectivity index (χ2v) is 10.5. The Balaban J connectivity index is 1.30. The molecule has 2 aromatic heterocycles. The monoisotopic (exact) mass is 582 g/mol. The summed E-state index contributed by atoms with van der Waals surface area (Å²) in [6.07, 6.45) is 0.0658. The second-order valence-electron chi connectivity index (χ2n) is 10.5. The molecule has 0 radical (unpaired) electrons. The second kappa shape index (κ2) is 11.0. The summed E-state index contributed by atoms with van der Waals surface area (Å²) < 4.78 is 85.5. The number of aromatic nitrogens is 3. The van der Waals surface area contributed by atoms with Crippen molar-refractivity contribution in [3.63, 3.8) is 0 Å². The number of aryl methyl sites for hydroxylation is 1. The number of carbonyl (C=O) groups is 1. The Kier molecular flexibility index (Phi) is 7.72. The number of hydrogen-bond donors (Lipinski definition) is 3. The van der Waals surface area contributed by atoms with Crippen LogP contribution in [-0.4, -0.2) is 56.8 Å². The van der Waals surface area contributed by atoms with Gasteiger partial charge in [0.25, 0.3) is 17.9 Å². The minimum atomic E-state index is -3.23. The van der Waals surface area contributed by atoms with E-state index in [-0.39, 0.29) is 30.5 Å². The molecule has 0 spiro atoms. The van der Waals surface area contributed by atoms with Gasteiger partial charge in [-0.3, -0.25) is 14.5 Å². The van der Waals surface area contributed by atoms with Crippen LogP contribution in [0.1, 0.15) is 60.3 Å². The number of hydrogen-bond acceptors (Lipinski definition) is 5. The third kappa shape index (κ3) is 5.75. The first-order valence-electron chi connectivity index (χ1n) is 13.1. The molecule has 4 N–H and O–H groups in total. The van der Waals surface area contributed by atoms with E-state index in [0.717, 1.165) is 18.3 Å². The molecule has 1 saturated heterocycles. The predicted molar refractivity (Wildman–Crippen MR) is 137 cm³/mol. The van der Waals surface area contributed by atoms with Gasteiger partial charge in [0.05, 0.1) is 24.0 Å². The van der Waals surface area contributed by atoms with E-state index in [1.54, 1.807) is 17.7 Å². The molecule has 0 aliphatic carbocycles. The molecule has 1 amide bonds. The first kappa shape index (κ1) is 28.9. The number of fused-ring (bicyclic) bond motifs is 1. The lowest BCUT2D eigenvalue weighted by Crippen LogP contribution is -2.52. The van der Waals surface area contributed by atoms with Gasteiger partial charge in [-0.1, -0.05) is 0 Å². The largest absolute Gasteiger partial charge is 0.329 e. The van der Waals surface area contributed by atoms with Gasteiger partial charge in [0.15, 0.2) is 5.82 Å². The number of pyridine rings is 1. The SMILES string of the molecule is C[C@@H](C(=O)Nc1cn2c(n1)CC[C@@H]2c1cc(F)cc(F)c1)N1CCC(F)(F)C(c2c[nH]c(=O)c(C(N)C(F)F)c2)C1. The van der Waals surface area contributed by atoms with E-state index in [2.05, 4.69) is 15.3 Å². The lowest BCUT2D eigenvalue weighted by molar-refractivity contribution is -0.125. The summed E-state index contributed by atoms with van der Waals surface area (Å²) in [6.45, 7) is 1.14. The summed E-state index contributed by atoms with van der Waals surface area (Å²) in [6, 6.07) is 1.09. The minimum absolute atomic E-state index is 0.0663. The van der Waals surface area contributed by atoms with Crippen molar-refractivity contribution in [2.75, 3.05) is 18.4 Å². The molecule has 4 atom stereocenters. The summed E-state index contributed by atoms with van der Waals surface area (Å²) in [4.78, 5) is 33.3. The van der Waals surface area contributed by atoms with Crippen LogP contribution in [0.15, 0.2) is 41.5 Å². The molecule has 2 aliphatic heterocycles. The molecule has 3 aromatic rings. The van der Waals surface area contributed by atoms with Crippen LogP contribution < -0.4 is 16.6 Å². The maximum atomic E-state index is 15.0. The maximum absolute atomic E-state index is 15.0. The van der Waals surface area contributed by atoms with E-state index in [9.17, 15) is 35.9 Å². The molecule has 14 heteroatoms. The number of anilines is 1. The van der Waals surface area contributed by atoms with E-state index >= 15 is 0 Å². The Morgan fingerprint density at radius 3 is 2.56 bits per heavy atom. The first-order chi connectivity index (χ1) is 19.3. The van der Waals surface area contributed by atoms with Crippen LogP contribution in [0.5, 0.6) is 0 Å². The third-order valence-electron chi connectivity index (χ3n) is 7.88. The number of rotatable bonds is 7. The van der Waals surface area contributed by atoms with Crippen LogP contribution in [-0.2, 0) is 11.2 Å². The molecule has 8 nitrogen and oxygen atoms in total. The molecule has 220 valence electrons. The molecule has 1 aromatic carbocycles. The highest BCUT2D eigenvalue weighted by atomic mass is 19.3. The number of carbonyl (C=O) groups excluding carboxylic acids is 1. The van der Waals surface area contributed by atoms with Gasteiger partial charge in [0.2, 0.25) is 5.91 Å². The quantitative estimate of drug-likeness (QED) is 0.364. The van der Waals surface area contributed by atoms with E-state index in [1.807, 2.05) is 0 Å². The maximum Gasteiger partial charge on any atom is 0.257 e. The fourth-order valence-corrected chi connectivity index (χ4v) is 5.57. The Morgan fingerprint density at radius 1 is 1.17 bits per heavy atom. The summed E-state index contributed by atoms with van der Waals surface area (Å²) in [5.41, 5.74) is 4.40. The van der Waals surface area contributed by atoms with E-state index < -0.39 is 65.4 Å². The van der Waals surface area contributed by atoms with Gasteiger partial charge < -0.3 is 20.6 Å². The lowest BCUT2D eigenvalue weighted by atomic mass is 9.86. The van der Waals surface area contributed by atoms with E-state index in [1.165, 1.54) is 17.0 Å². The van der Waals surface area contributed by atoms with Crippen molar-refractivity contribution < 1.29 is 31.1 Å². The topological polar surface area (TPSA) is 109 Å². The Hall–Kier alpha value is -3.65. The minimum Gasteiger partial charge on any atom is -0.329 e. The van der Waals surface area contributed by atoms with Gasteiger partial charge in [0, 0.05) is 50.0 Å². The van der Waals surface area contributed by atoms with Crippen molar-refractivity contribution in [2.45, 2.75) is 62.6 Å². The summed E-state index contributed by atoms with van der Waals surface area (Å²) >= 11 is 0. The van der Waals surface area contributed by atoms with Crippen molar-refractivity contribution in [3.8, 4) is 0 Å². The van der Waals surface area contributed by atoms with Crippen molar-refractivity contribution in [2.24, 2.45) is 5.73 Å². The Labute approximate surface area is 230 Å². The zero-order chi connectivity index (χ0) is 29.6. The Morgan fingerprint density at radius 2 is 1.88 bits per heavy atom. The van der Waals surface area contributed by atoms with Gasteiger partial charge in [-0.15, -0.1) is 0 Å². The fraction of sp³-hybridized carbons (Fsp3) is 0.444. The number of nitrogens with one attached hydrogen (secondary N) is 2. The van der Waals surface area contributed by atoms with Crippen molar-refractivity contribution in [1.82, 2.24) is 19.4 Å². The first-order valence-corrected chi connectivity index (χ1v) is 13.1. The van der Waals surface area contributed by atoms with Gasteiger partial charge in [0.1, 0.15) is 17.5 Å². The Bertz CT molecular complexity index is 1490. The summed E-state index contributed by atoms with van der Waals surface area (Å²) in [5, 5.41) is 2.69. The van der Waals surface area contributed by atoms with Gasteiger partial charge in [-0.25, -0.2) is 31.3 Å². The number of nitrogens with two attached hydrogens (primary N) is 1. The molecule has 41 heavy (non-hydrogen) atoms. The highest BCUT2D eigenvalue weighted by Crippen LogP contribution is 2.41. The summed E-state index contributed by atoms with van der Waals surface area (Å²) in [5.74, 6) is -5.79. The zero-order valence-electron chi connectivity index (χ0n) is 21.9. The number of imidazole rings is 1. The molecule has 0 bridgehead atoms. The molecular formula is C27H28F6N6O2. The average Bonchev–Trinajstić information content (AvgIpc) is 3.48. The fourth-order valence-electron chi connectivity index (χ4n) is 5.57. The third-order valence-corrected chi connectivity index (χ3v) is 7.88. The number of likely N-dealkylation sites (tertiary alicyclic amines) is 1. The normalized spacial score (nSPS) is 22.0. The van der Waals surface area contributed by atoms with Crippen LogP contribution in [0.2, 0.25) is 0 Å². The van der Waals surface area contributed by atoms with Crippen LogP contribution in [0.4, 0.5) is 32.2 Å². The van der Waals surface area contributed by atoms with Crippen molar-refractivity contribution in [3.05, 3.63) is 81.2 Å². The summed E-state index contributed by atoms with van der Waals surface area (Å²) in [7, 11) is 0. The van der Waals surface area contributed by atoms with Gasteiger partial charge >= 0.3 is 0 Å². The van der Waals surface area contributed by atoms with Gasteiger partial charge in [-0.05, 0) is 42.7 Å². The highest BCUT2D eigenvalue weighted by molar-refractivity contribution is 5.93. The molecular weight excluding hydrogens is 554 g/mol. The lowest BCUT2D eigenvalue weighted by Gasteiger charge is -2.40. The average molecular weight is 583 g/mol. The van der Waals surface area contributed by atoms with E-state index in [4.69, 9.17) is 5.73 Å². The molecule has 2 aliphatic rings. The number of alkyl halides is 4. The number of halogens is 6. The molecule has 2 unspecified atom stereocenters. The number of nitrogens with zero attached hydrogens (tertiary/aromatic N) is 3. The van der Waals surface area contributed by atoms with Crippen LogP contribution in [0.25, 0.3) is 0 Å². The smallest absolute Gasteiger partial charge is 0.257 e. The molecule has 5 rings (SSSR count). The van der Waals surface area contributed by atoms with Crippen LogP contribution in [0, 0.1) is 11.6 Å². The standard InChI is InChI=1S/C27H28F6N6O2/c1-13(25(40)37-21-12-39-20(2-3-22(39)36-21)14-6-16(28)9-17(29)7-14)38-5-4-27(32,33)19(11-38)15-8-18(23(34)24(30)31)26(41)35-10-15/h6-10,12-13,19-20,23-24H,2-5,11,34H2,1H3,(H,35,41)(H,37,40)/t13-,19?,20+,23?/m0/s1. The van der Waals surface area contributed by atoms with E-state index in [0.29, 0.717) is 24.2 Å². The van der Waals surface area contributed by atoms with Gasteiger partial charge in [-0.2, -0.15) is 0 Å². The number of benzene rings is 1. The number of piperidine rings is 1. The van der Waals surface area contributed by atoms with Crippen molar-refractivity contribution >= 4 is 11.7 Å². The van der Waals surface area contributed by atoms with Crippen LogP contribution >= 0.6 is 0 Å². The predicted octanol–water partition coefficient (Wildman–Crippen LogP) is 4.10. The zero-order valence-corrected chi connectivity index (χ0v) is 21.9. The number of H-pyrrole nitrogens is 1. The highest BCUT2D eigenvalue weighted by Gasteiger charge is 2.47. The van der Waals surface area contributed by atoms with Crippen molar-refractivity contribution in [1.29, 1.82) is 0 Å². The molecule has 0 saturated carbocycles.